The van der Waals surface area contributed by atoms with E-state index >= 15 is 0 Å². The van der Waals surface area contributed by atoms with Gasteiger partial charge in [0.2, 0.25) is 0 Å². The first kappa shape index (κ1) is 9.84. The minimum atomic E-state index is 0.836. The molecule has 0 N–H and O–H groups in total. The van der Waals surface area contributed by atoms with E-state index in [4.69, 9.17) is 4.74 Å². The Balaban J connectivity index is 2.12. The van der Waals surface area contributed by atoms with E-state index < -0.39 is 0 Å². The number of methoxy groups -OCH3 is 1. The molecule has 0 saturated heterocycles. The molecule has 0 atom stereocenters. The van der Waals surface area contributed by atoms with Crippen LogP contribution in [0.5, 0.6) is 5.75 Å². The summed E-state index contributed by atoms with van der Waals surface area (Å²) in [5.41, 5.74) is 2.92. The summed E-state index contributed by atoms with van der Waals surface area (Å²) in [7, 11) is 1.66. The van der Waals surface area contributed by atoms with E-state index in [-0.39, 0.29) is 0 Å². The fourth-order valence-corrected chi connectivity index (χ4v) is 1.76. The van der Waals surface area contributed by atoms with Crippen LogP contribution in [0, 0.1) is 0 Å². The molecule has 0 aliphatic heterocycles. The number of hydrogen-bond acceptors (Lipinski definition) is 3. The molecule has 0 amide bonds. The van der Waals surface area contributed by atoms with Crippen LogP contribution >= 0.6 is 0 Å². The predicted molar refractivity (Wildman–Crippen MR) is 65.0 cm³/mol. The molecule has 0 saturated carbocycles. The van der Waals surface area contributed by atoms with Crippen LogP contribution in [0.3, 0.4) is 0 Å². The van der Waals surface area contributed by atoms with Crippen LogP contribution < -0.4 is 4.74 Å². The number of aromatic nitrogens is 3. The normalized spacial score (nSPS) is 10.6. The lowest BCUT2D eigenvalue weighted by Gasteiger charge is -2.04. The van der Waals surface area contributed by atoms with Crippen LogP contribution in [-0.2, 0) is 0 Å². The number of hydrogen-bond donors (Lipinski definition) is 0. The number of nitrogens with zero attached hydrogens (tertiary/aromatic N) is 3. The van der Waals surface area contributed by atoms with Crippen LogP contribution in [0.4, 0.5) is 0 Å². The molecule has 0 aliphatic rings. The second-order valence-corrected chi connectivity index (χ2v) is 3.71. The van der Waals surface area contributed by atoms with Gasteiger partial charge in [-0.05, 0) is 17.7 Å². The summed E-state index contributed by atoms with van der Waals surface area (Å²) in [6, 6.07) is 9.75. The summed E-state index contributed by atoms with van der Waals surface area (Å²) in [5, 5.41) is 4.17. The zero-order chi connectivity index (χ0) is 11.7. The zero-order valence-corrected chi connectivity index (χ0v) is 9.37. The lowest BCUT2D eigenvalue weighted by molar-refractivity contribution is 0.415. The Morgan fingerprint density at radius 2 is 2.12 bits per heavy atom. The van der Waals surface area contributed by atoms with Crippen molar-refractivity contribution in [1.29, 1.82) is 0 Å². The number of ether oxygens (including phenoxy) is 1. The number of fused-ring (bicyclic) bond motifs is 1. The zero-order valence-electron chi connectivity index (χ0n) is 9.37. The molecule has 2 heterocycles. The highest BCUT2D eigenvalue weighted by Gasteiger charge is 2.02. The average Bonchev–Trinajstić information content (AvgIpc) is 2.86. The fraction of sp³-hybridized carbons (Fsp3) is 0.0769. The van der Waals surface area contributed by atoms with Gasteiger partial charge in [0, 0.05) is 24.0 Å². The highest BCUT2D eigenvalue weighted by atomic mass is 16.5. The van der Waals surface area contributed by atoms with E-state index in [0.29, 0.717) is 0 Å². The van der Waals surface area contributed by atoms with Crippen molar-refractivity contribution in [2.45, 2.75) is 0 Å². The van der Waals surface area contributed by atoms with Gasteiger partial charge in [-0.2, -0.15) is 5.10 Å². The summed E-state index contributed by atoms with van der Waals surface area (Å²) in [6.45, 7) is 0. The van der Waals surface area contributed by atoms with Crippen LogP contribution in [0.2, 0.25) is 0 Å². The minimum Gasteiger partial charge on any atom is -0.497 e. The second-order valence-electron chi connectivity index (χ2n) is 3.71. The van der Waals surface area contributed by atoms with Gasteiger partial charge in [0.1, 0.15) is 5.75 Å². The molecular formula is C13H11N3O. The Kier molecular flexibility index (Phi) is 2.26. The molecule has 0 fully saturated rings. The van der Waals surface area contributed by atoms with Crippen molar-refractivity contribution >= 4 is 5.65 Å². The fourth-order valence-electron chi connectivity index (χ4n) is 1.76. The summed E-state index contributed by atoms with van der Waals surface area (Å²) in [5.74, 6) is 0.836. The van der Waals surface area contributed by atoms with E-state index in [1.807, 2.05) is 42.7 Å². The van der Waals surface area contributed by atoms with Crippen LogP contribution in [-0.4, -0.2) is 21.7 Å². The van der Waals surface area contributed by atoms with Gasteiger partial charge in [-0.25, -0.2) is 9.50 Å². The van der Waals surface area contributed by atoms with Gasteiger partial charge in [0.15, 0.2) is 5.65 Å². The molecule has 0 aliphatic carbocycles. The van der Waals surface area contributed by atoms with Crippen LogP contribution in [0.25, 0.3) is 16.8 Å². The maximum Gasteiger partial charge on any atom is 0.154 e. The maximum atomic E-state index is 5.21. The summed E-state index contributed by atoms with van der Waals surface area (Å²) >= 11 is 0. The molecule has 0 bridgehead atoms. The van der Waals surface area contributed by atoms with Gasteiger partial charge < -0.3 is 4.74 Å². The summed E-state index contributed by atoms with van der Waals surface area (Å²) in [6.07, 6.45) is 5.53. The van der Waals surface area contributed by atoms with Gasteiger partial charge >= 0.3 is 0 Å². The molecule has 1 aromatic carbocycles. The highest BCUT2D eigenvalue weighted by Crippen LogP contribution is 2.22. The average molecular weight is 225 g/mol. The third-order valence-electron chi connectivity index (χ3n) is 2.65. The molecule has 3 rings (SSSR count). The molecule has 4 heteroatoms. The third kappa shape index (κ3) is 1.73. The van der Waals surface area contributed by atoms with Crippen LogP contribution in [0.15, 0.2) is 48.9 Å². The molecular weight excluding hydrogens is 214 g/mol. The molecule has 0 spiro atoms. The lowest BCUT2D eigenvalue weighted by Crippen LogP contribution is -1.91. The van der Waals surface area contributed by atoms with E-state index in [0.717, 1.165) is 22.5 Å². The number of benzene rings is 1. The van der Waals surface area contributed by atoms with Crippen molar-refractivity contribution in [1.82, 2.24) is 14.6 Å². The van der Waals surface area contributed by atoms with Crippen molar-refractivity contribution < 1.29 is 4.74 Å². The smallest absolute Gasteiger partial charge is 0.154 e. The van der Waals surface area contributed by atoms with E-state index in [1.54, 1.807) is 17.8 Å². The Morgan fingerprint density at radius 3 is 3.00 bits per heavy atom. The molecule has 0 radical (unpaired) electrons. The van der Waals surface area contributed by atoms with Gasteiger partial charge in [-0.1, -0.05) is 12.1 Å². The number of rotatable bonds is 2. The highest BCUT2D eigenvalue weighted by molar-refractivity contribution is 5.64. The lowest BCUT2D eigenvalue weighted by atomic mass is 10.1. The molecule has 17 heavy (non-hydrogen) atoms. The first-order valence-electron chi connectivity index (χ1n) is 5.30. The van der Waals surface area contributed by atoms with E-state index in [1.165, 1.54) is 0 Å². The minimum absolute atomic E-state index is 0.836. The first-order valence-corrected chi connectivity index (χ1v) is 5.30. The standard InChI is InChI=1S/C13H11N3O/c1-17-12-4-2-3-10(7-12)11-8-14-13-5-6-15-16(13)9-11/h2-9H,1H3. The topological polar surface area (TPSA) is 39.4 Å². The molecule has 0 unspecified atom stereocenters. The maximum absolute atomic E-state index is 5.21. The third-order valence-corrected chi connectivity index (χ3v) is 2.65. The van der Waals surface area contributed by atoms with Gasteiger partial charge in [0.05, 0.1) is 13.3 Å². The van der Waals surface area contributed by atoms with Crippen molar-refractivity contribution in [3.63, 3.8) is 0 Å². The van der Waals surface area contributed by atoms with Crippen molar-refractivity contribution in [2.75, 3.05) is 7.11 Å². The van der Waals surface area contributed by atoms with Crippen molar-refractivity contribution in [3.05, 3.63) is 48.9 Å². The largest absolute Gasteiger partial charge is 0.497 e. The van der Waals surface area contributed by atoms with Crippen molar-refractivity contribution in [2.24, 2.45) is 0 Å². The molecule has 4 nitrogen and oxygen atoms in total. The van der Waals surface area contributed by atoms with E-state index in [9.17, 15) is 0 Å². The quantitative estimate of drug-likeness (QED) is 0.672. The Morgan fingerprint density at radius 1 is 1.18 bits per heavy atom. The molecule has 3 aromatic rings. The second kappa shape index (κ2) is 3.90. The Hall–Kier alpha value is -2.36. The summed E-state index contributed by atoms with van der Waals surface area (Å²) in [4.78, 5) is 4.33. The molecule has 84 valence electrons. The van der Waals surface area contributed by atoms with Gasteiger partial charge in [-0.3, -0.25) is 0 Å². The van der Waals surface area contributed by atoms with Crippen LogP contribution in [0.1, 0.15) is 0 Å². The summed E-state index contributed by atoms with van der Waals surface area (Å²) < 4.78 is 6.96. The Labute approximate surface area is 98.5 Å². The first-order chi connectivity index (χ1) is 8.36. The predicted octanol–water partition coefficient (Wildman–Crippen LogP) is 2.40. The Bertz CT molecular complexity index is 660. The molecule has 2 aromatic heterocycles. The van der Waals surface area contributed by atoms with Gasteiger partial charge in [0.25, 0.3) is 0 Å². The van der Waals surface area contributed by atoms with E-state index in [2.05, 4.69) is 10.1 Å². The van der Waals surface area contributed by atoms with Crippen molar-refractivity contribution in [3.8, 4) is 16.9 Å². The monoisotopic (exact) mass is 225 g/mol. The van der Waals surface area contributed by atoms with Gasteiger partial charge in [-0.15, -0.1) is 0 Å². The SMILES string of the molecule is COc1cccc(-c2cnc3ccnn3c2)c1.